The molecule has 1 unspecified atom stereocenters. The largest absolute Gasteiger partial charge is 0.349 e. The third-order valence-corrected chi connectivity index (χ3v) is 3.19. The second kappa shape index (κ2) is 7.25. The van der Waals surface area contributed by atoms with Gasteiger partial charge in [-0.1, -0.05) is 20.3 Å². The standard InChI is InChI=1S/C10H21NOS/c1-5-6-7-13-8-9(2)10(12)11(3)4/h9H,5-8H2,1-4H3. The molecule has 13 heavy (non-hydrogen) atoms. The zero-order valence-corrected chi connectivity index (χ0v) is 9.99. The SMILES string of the molecule is CCCCSCC(C)C(=O)N(C)C. The fourth-order valence-electron chi connectivity index (χ4n) is 1.02. The molecule has 1 amide bonds. The number of carbonyl (C=O) groups is 1. The van der Waals surface area contributed by atoms with Crippen LogP contribution in [0.2, 0.25) is 0 Å². The van der Waals surface area contributed by atoms with E-state index in [1.54, 1.807) is 4.90 Å². The Hall–Kier alpha value is -0.180. The molecular formula is C10H21NOS. The van der Waals surface area contributed by atoms with Crippen molar-refractivity contribution in [1.82, 2.24) is 4.90 Å². The fourth-order valence-corrected chi connectivity index (χ4v) is 2.17. The minimum Gasteiger partial charge on any atom is -0.349 e. The Balaban J connectivity index is 3.50. The van der Waals surface area contributed by atoms with Crippen molar-refractivity contribution in [1.29, 1.82) is 0 Å². The van der Waals surface area contributed by atoms with Gasteiger partial charge in [0.2, 0.25) is 5.91 Å². The van der Waals surface area contributed by atoms with Gasteiger partial charge in [-0.15, -0.1) is 0 Å². The maximum Gasteiger partial charge on any atom is 0.225 e. The van der Waals surface area contributed by atoms with Gasteiger partial charge in [-0.05, 0) is 12.2 Å². The van der Waals surface area contributed by atoms with Gasteiger partial charge < -0.3 is 4.90 Å². The number of rotatable bonds is 6. The number of thioether (sulfide) groups is 1. The average molecular weight is 203 g/mol. The summed E-state index contributed by atoms with van der Waals surface area (Å²) in [5.74, 6) is 2.54. The van der Waals surface area contributed by atoms with Crippen molar-refractivity contribution in [3.8, 4) is 0 Å². The van der Waals surface area contributed by atoms with Crippen molar-refractivity contribution in [3.05, 3.63) is 0 Å². The molecule has 0 saturated carbocycles. The minimum absolute atomic E-state index is 0.164. The third-order valence-electron chi connectivity index (χ3n) is 1.87. The number of carbonyl (C=O) groups excluding carboxylic acids is 1. The van der Waals surface area contributed by atoms with Crippen molar-refractivity contribution in [3.63, 3.8) is 0 Å². The smallest absolute Gasteiger partial charge is 0.225 e. The van der Waals surface area contributed by atoms with Crippen molar-refractivity contribution < 1.29 is 4.79 Å². The molecule has 0 aromatic heterocycles. The van der Waals surface area contributed by atoms with Crippen LogP contribution in [0.5, 0.6) is 0 Å². The summed E-state index contributed by atoms with van der Waals surface area (Å²) >= 11 is 1.88. The summed E-state index contributed by atoms with van der Waals surface area (Å²) in [7, 11) is 3.63. The summed E-state index contributed by atoms with van der Waals surface area (Å²) in [5, 5.41) is 0. The van der Waals surface area contributed by atoms with Crippen LogP contribution in [0.1, 0.15) is 26.7 Å². The molecule has 0 aliphatic carbocycles. The molecule has 0 aromatic carbocycles. The zero-order chi connectivity index (χ0) is 10.3. The highest BCUT2D eigenvalue weighted by Crippen LogP contribution is 2.11. The van der Waals surface area contributed by atoms with Crippen LogP contribution in [0, 0.1) is 5.92 Å². The van der Waals surface area contributed by atoms with Crippen LogP contribution in [0.4, 0.5) is 0 Å². The minimum atomic E-state index is 0.164. The van der Waals surface area contributed by atoms with Gasteiger partial charge in [0.05, 0.1) is 0 Å². The Morgan fingerprint density at radius 2 is 2.08 bits per heavy atom. The van der Waals surface area contributed by atoms with E-state index >= 15 is 0 Å². The molecule has 0 spiro atoms. The van der Waals surface area contributed by atoms with Crippen molar-refractivity contribution in [2.45, 2.75) is 26.7 Å². The molecule has 0 aliphatic heterocycles. The quantitative estimate of drug-likeness (QED) is 0.617. The average Bonchev–Trinajstić information content (AvgIpc) is 2.10. The molecule has 0 N–H and O–H groups in total. The van der Waals surface area contributed by atoms with Crippen molar-refractivity contribution in [2.24, 2.45) is 5.92 Å². The van der Waals surface area contributed by atoms with Gasteiger partial charge in [-0.2, -0.15) is 11.8 Å². The van der Waals surface area contributed by atoms with E-state index in [1.165, 1.54) is 18.6 Å². The van der Waals surface area contributed by atoms with Crippen LogP contribution in [0.25, 0.3) is 0 Å². The van der Waals surface area contributed by atoms with Gasteiger partial charge in [0, 0.05) is 25.8 Å². The first-order valence-corrected chi connectivity index (χ1v) is 6.04. The van der Waals surface area contributed by atoms with E-state index in [0.717, 1.165) is 5.75 Å². The van der Waals surface area contributed by atoms with E-state index in [1.807, 2.05) is 32.8 Å². The highest BCUT2D eigenvalue weighted by molar-refractivity contribution is 7.99. The molecule has 2 nitrogen and oxygen atoms in total. The first kappa shape index (κ1) is 12.8. The summed E-state index contributed by atoms with van der Waals surface area (Å²) in [6.07, 6.45) is 2.50. The van der Waals surface area contributed by atoms with Gasteiger partial charge in [0.25, 0.3) is 0 Å². The van der Waals surface area contributed by atoms with E-state index < -0.39 is 0 Å². The molecule has 1 atom stereocenters. The molecule has 0 fully saturated rings. The summed E-state index contributed by atoms with van der Waals surface area (Å²) in [4.78, 5) is 13.1. The highest BCUT2D eigenvalue weighted by atomic mass is 32.2. The normalized spacial score (nSPS) is 12.6. The summed E-state index contributed by atoms with van der Waals surface area (Å²) < 4.78 is 0. The second-order valence-electron chi connectivity index (χ2n) is 3.56. The van der Waals surface area contributed by atoms with Crippen LogP contribution < -0.4 is 0 Å². The van der Waals surface area contributed by atoms with Crippen LogP contribution in [-0.2, 0) is 4.79 Å². The topological polar surface area (TPSA) is 20.3 Å². The molecule has 0 saturated heterocycles. The number of hydrogen-bond acceptors (Lipinski definition) is 2. The lowest BCUT2D eigenvalue weighted by Crippen LogP contribution is -2.29. The summed E-state index contributed by atoms with van der Waals surface area (Å²) in [6, 6.07) is 0. The number of unbranched alkanes of at least 4 members (excludes halogenated alkanes) is 1. The number of hydrogen-bond donors (Lipinski definition) is 0. The first-order valence-electron chi connectivity index (χ1n) is 4.88. The first-order chi connectivity index (χ1) is 6.09. The third kappa shape index (κ3) is 5.97. The van der Waals surface area contributed by atoms with E-state index in [4.69, 9.17) is 0 Å². The molecule has 0 rings (SSSR count). The molecule has 0 heterocycles. The van der Waals surface area contributed by atoms with Crippen molar-refractivity contribution >= 4 is 17.7 Å². The number of nitrogens with zero attached hydrogens (tertiary/aromatic N) is 1. The lowest BCUT2D eigenvalue weighted by Gasteiger charge is -2.16. The Kier molecular flexibility index (Phi) is 7.14. The van der Waals surface area contributed by atoms with Gasteiger partial charge >= 0.3 is 0 Å². The van der Waals surface area contributed by atoms with Gasteiger partial charge in [-0.25, -0.2) is 0 Å². The lowest BCUT2D eigenvalue weighted by molar-refractivity contribution is -0.131. The Morgan fingerprint density at radius 3 is 2.54 bits per heavy atom. The van der Waals surface area contributed by atoms with E-state index in [2.05, 4.69) is 6.92 Å². The molecule has 0 aromatic rings. The predicted octanol–water partition coefficient (Wildman–Crippen LogP) is 2.24. The Labute approximate surface area is 86.1 Å². The van der Waals surface area contributed by atoms with Gasteiger partial charge in [-0.3, -0.25) is 4.79 Å². The molecule has 0 radical (unpaired) electrons. The Bertz CT molecular complexity index is 148. The van der Waals surface area contributed by atoms with E-state index in [-0.39, 0.29) is 11.8 Å². The van der Waals surface area contributed by atoms with Crippen LogP contribution in [0.15, 0.2) is 0 Å². The molecule has 0 aliphatic rings. The summed E-state index contributed by atoms with van der Waals surface area (Å²) in [6.45, 7) is 4.19. The highest BCUT2D eigenvalue weighted by Gasteiger charge is 2.13. The van der Waals surface area contributed by atoms with Crippen LogP contribution in [-0.4, -0.2) is 36.4 Å². The molecule has 78 valence electrons. The predicted molar refractivity (Wildman–Crippen MR) is 60.1 cm³/mol. The maximum atomic E-state index is 11.4. The summed E-state index contributed by atoms with van der Waals surface area (Å²) in [5.41, 5.74) is 0. The zero-order valence-electron chi connectivity index (χ0n) is 9.17. The lowest BCUT2D eigenvalue weighted by atomic mass is 10.2. The van der Waals surface area contributed by atoms with E-state index in [9.17, 15) is 4.79 Å². The van der Waals surface area contributed by atoms with Crippen LogP contribution in [0.3, 0.4) is 0 Å². The van der Waals surface area contributed by atoms with E-state index in [0.29, 0.717) is 0 Å². The monoisotopic (exact) mass is 203 g/mol. The van der Waals surface area contributed by atoms with Crippen LogP contribution >= 0.6 is 11.8 Å². The fraction of sp³-hybridized carbons (Fsp3) is 0.900. The van der Waals surface area contributed by atoms with Gasteiger partial charge in [0.1, 0.15) is 0 Å². The Morgan fingerprint density at radius 1 is 1.46 bits per heavy atom. The number of amides is 1. The van der Waals surface area contributed by atoms with Crippen molar-refractivity contribution in [2.75, 3.05) is 25.6 Å². The second-order valence-corrected chi connectivity index (χ2v) is 4.71. The maximum absolute atomic E-state index is 11.4. The van der Waals surface area contributed by atoms with Gasteiger partial charge in [0.15, 0.2) is 0 Å². The molecule has 3 heteroatoms. The molecular weight excluding hydrogens is 182 g/mol. The molecule has 0 bridgehead atoms.